The molecule has 0 spiro atoms. The molecule has 0 aliphatic carbocycles. The molecule has 10 rings (SSSR count). The number of rotatable bonds is 3. The maximum Gasteiger partial charge on any atom is 0.0562 e. The van der Waals surface area contributed by atoms with Gasteiger partial charge in [-0.1, -0.05) is 127 Å². The Labute approximate surface area is 266 Å². The molecule has 0 aliphatic heterocycles. The van der Waals surface area contributed by atoms with Gasteiger partial charge < -0.3 is 9.13 Å². The molecule has 0 aliphatic rings. The molecular weight excluding hydrogens is 556 g/mol. The molecule has 0 N–H and O–H groups in total. The molecule has 0 saturated carbocycles. The van der Waals surface area contributed by atoms with Crippen molar-refractivity contribution in [2.24, 2.45) is 0 Å². The van der Waals surface area contributed by atoms with E-state index in [0.717, 1.165) is 0 Å². The van der Waals surface area contributed by atoms with Crippen LogP contribution in [0.25, 0.3) is 87.7 Å². The van der Waals surface area contributed by atoms with Crippen molar-refractivity contribution in [3.63, 3.8) is 0 Å². The fourth-order valence-corrected chi connectivity index (χ4v) is 7.63. The van der Waals surface area contributed by atoms with E-state index in [1.165, 1.54) is 87.7 Å². The van der Waals surface area contributed by atoms with E-state index in [-0.39, 0.29) is 0 Å². The minimum absolute atomic E-state index is 1.19. The van der Waals surface area contributed by atoms with Gasteiger partial charge in [-0.05, 0) is 64.4 Å². The molecular formula is C44H28N2. The number of aromatic nitrogens is 2. The largest absolute Gasteiger partial charge is 0.309 e. The van der Waals surface area contributed by atoms with Gasteiger partial charge in [0.1, 0.15) is 0 Å². The van der Waals surface area contributed by atoms with E-state index in [0.29, 0.717) is 0 Å². The van der Waals surface area contributed by atoms with Gasteiger partial charge in [0.15, 0.2) is 0 Å². The third kappa shape index (κ3) is 3.59. The molecule has 0 radical (unpaired) electrons. The van der Waals surface area contributed by atoms with Crippen LogP contribution >= 0.6 is 0 Å². The van der Waals surface area contributed by atoms with Crippen LogP contribution in [0.4, 0.5) is 0 Å². The smallest absolute Gasteiger partial charge is 0.0562 e. The van der Waals surface area contributed by atoms with E-state index >= 15 is 0 Å². The fourth-order valence-electron chi connectivity index (χ4n) is 7.63. The Balaban J connectivity index is 1.32. The van der Waals surface area contributed by atoms with Crippen LogP contribution in [0.5, 0.6) is 0 Å². The highest BCUT2D eigenvalue weighted by Crippen LogP contribution is 2.41. The average Bonchev–Trinajstić information content (AvgIpc) is 3.62. The first-order chi connectivity index (χ1) is 22.8. The van der Waals surface area contributed by atoms with Crippen LogP contribution in [0.15, 0.2) is 170 Å². The molecule has 2 heterocycles. The van der Waals surface area contributed by atoms with Gasteiger partial charge in [-0.25, -0.2) is 0 Å². The molecule has 214 valence electrons. The van der Waals surface area contributed by atoms with Crippen molar-refractivity contribution in [3.8, 4) is 22.5 Å². The van der Waals surface area contributed by atoms with E-state index in [1.54, 1.807) is 0 Å². The molecule has 0 amide bonds. The predicted molar refractivity (Wildman–Crippen MR) is 196 cm³/mol. The third-order valence-corrected chi connectivity index (χ3v) is 9.68. The highest BCUT2D eigenvalue weighted by atomic mass is 15.0. The molecule has 8 aromatic carbocycles. The van der Waals surface area contributed by atoms with Gasteiger partial charge in [-0.3, -0.25) is 0 Å². The van der Waals surface area contributed by atoms with Crippen LogP contribution < -0.4 is 0 Å². The number of hydrogen-bond acceptors (Lipinski definition) is 0. The molecule has 0 atom stereocenters. The van der Waals surface area contributed by atoms with Crippen molar-refractivity contribution in [2.45, 2.75) is 0 Å². The Kier molecular flexibility index (Phi) is 5.31. The van der Waals surface area contributed by atoms with E-state index < -0.39 is 0 Å². The molecule has 46 heavy (non-hydrogen) atoms. The molecule has 10 aromatic rings. The van der Waals surface area contributed by atoms with Gasteiger partial charge >= 0.3 is 0 Å². The second kappa shape index (κ2) is 9.69. The molecule has 0 unspecified atom stereocenters. The number of fused-ring (bicyclic) bond motifs is 8. The molecule has 2 heteroatoms. The molecule has 0 bridgehead atoms. The summed E-state index contributed by atoms with van der Waals surface area (Å²) in [5, 5.41) is 10.0. The lowest BCUT2D eigenvalue weighted by Gasteiger charge is -2.14. The second-order valence-electron chi connectivity index (χ2n) is 12.2. The lowest BCUT2D eigenvalue weighted by atomic mass is 10.0. The molecule has 2 aromatic heterocycles. The van der Waals surface area contributed by atoms with Gasteiger partial charge in [0, 0.05) is 32.3 Å². The standard InChI is InChI=1S/C44H28N2/c1-2-12-29(13-3-1)31-24-25-34-32(26-31)16-11-23-40(34)46-42-21-9-7-19-36(42)38-27-37-35-18-6-8-20-41(35)45(43(37)28-44(38)46)39-22-10-15-30-14-4-5-17-33(30)39/h1-28H. The van der Waals surface area contributed by atoms with Gasteiger partial charge in [0.05, 0.1) is 33.4 Å². The summed E-state index contributed by atoms with van der Waals surface area (Å²) in [5.74, 6) is 0. The summed E-state index contributed by atoms with van der Waals surface area (Å²) >= 11 is 0. The predicted octanol–water partition coefficient (Wildman–Crippen LogP) is 11.9. The Morgan fingerprint density at radius 1 is 0.261 bits per heavy atom. The van der Waals surface area contributed by atoms with Crippen molar-refractivity contribution >= 4 is 65.2 Å². The summed E-state index contributed by atoms with van der Waals surface area (Å²) in [7, 11) is 0. The van der Waals surface area contributed by atoms with Gasteiger partial charge in [0.2, 0.25) is 0 Å². The Hall–Kier alpha value is -6.12. The molecule has 2 nitrogen and oxygen atoms in total. The Bertz CT molecular complexity index is 2790. The quantitative estimate of drug-likeness (QED) is 0.195. The summed E-state index contributed by atoms with van der Waals surface area (Å²) in [6, 6.07) is 62.0. The average molecular weight is 585 g/mol. The zero-order valence-electron chi connectivity index (χ0n) is 25.1. The zero-order valence-corrected chi connectivity index (χ0v) is 25.1. The number of hydrogen-bond donors (Lipinski definition) is 0. The van der Waals surface area contributed by atoms with E-state index in [4.69, 9.17) is 0 Å². The maximum atomic E-state index is 2.47. The maximum absolute atomic E-state index is 2.47. The summed E-state index contributed by atoms with van der Waals surface area (Å²) in [6.07, 6.45) is 0. The van der Waals surface area contributed by atoms with Crippen molar-refractivity contribution < 1.29 is 0 Å². The lowest BCUT2D eigenvalue weighted by Crippen LogP contribution is -1.97. The topological polar surface area (TPSA) is 9.86 Å². The first kappa shape index (κ1) is 25.2. The summed E-state index contributed by atoms with van der Waals surface area (Å²) in [6.45, 7) is 0. The number of nitrogens with zero attached hydrogens (tertiary/aromatic N) is 2. The van der Waals surface area contributed by atoms with E-state index in [1.807, 2.05) is 0 Å². The molecule has 0 saturated heterocycles. The highest BCUT2D eigenvalue weighted by molar-refractivity contribution is 6.20. The summed E-state index contributed by atoms with van der Waals surface area (Å²) < 4.78 is 4.93. The summed E-state index contributed by atoms with van der Waals surface area (Å²) in [5.41, 5.74) is 9.70. The van der Waals surface area contributed by atoms with Crippen molar-refractivity contribution in [1.82, 2.24) is 9.13 Å². The lowest BCUT2D eigenvalue weighted by molar-refractivity contribution is 1.18. The first-order valence-corrected chi connectivity index (χ1v) is 15.9. The van der Waals surface area contributed by atoms with Crippen LogP contribution in [-0.2, 0) is 0 Å². The van der Waals surface area contributed by atoms with Crippen LogP contribution in [0.1, 0.15) is 0 Å². The zero-order chi connectivity index (χ0) is 30.2. The second-order valence-corrected chi connectivity index (χ2v) is 12.2. The Morgan fingerprint density at radius 3 is 1.46 bits per heavy atom. The highest BCUT2D eigenvalue weighted by Gasteiger charge is 2.20. The van der Waals surface area contributed by atoms with Crippen LogP contribution in [-0.4, -0.2) is 9.13 Å². The monoisotopic (exact) mass is 584 g/mol. The van der Waals surface area contributed by atoms with E-state index in [9.17, 15) is 0 Å². The van der Waals surface area contributed by atoms with Crippen molar-refractivity contribution in [2.75, 3.05) is 0 Å². The normalized spacial score (nSPS) is 11.9. The number of para-hydroxylation sites is 2. The van der Waals surface area contributed by atoms with Crippen LogP contribution in [0.3, 0.4) is 0 Å². The summed E-state index contributed by atoms with van der Waals surface area (Å²) in [4.78, 5) is 0. The molecule has 0 fully saturated rings. The minimum atomic E-state index is 1.19. The fraction of sp³-hybridized carbons (Fsp3) is 0. The van der Waals surface area contributed by atoms with Gasteiger partial charge in [0.25, 0.3) is 0 Å². The van der Waals surface area contributed by atoms with Crippen molar-refractivity contribution in [3.05, 3.63) is 170 Å². The van der Waals surface area contributed by atoms with Crippen LogP contribution in [0.2, 0.25) is 0 Å². The first-order valence-electron chi connectivity index (χ1n) is 15.9. The third-order valence-electron chi connectivity index (χ3n) is 9.68. The number of benzene rings is 8. The SMILES string of the molecule is c1ccc(-c2ccc3c(-n4c5ccccc5c5cc6c7ccccc7n(-c7cccc8ccccc78)c6cc54)cccc3c2)cc1. The van der Waals surface area contributed by atoms with Crippen molar-refractivity contribution in [1.29, 1.82) is 0 Å². The van der Waals surface area contributed by atoms with E-state index in [2.05, 4.69) is 179 Å². The van der Waals surface area contributed by atoms with Gasteiger partial charge in [-0.2, -0.15) is 0 Å². The van der Waals surface area contributed by atoms with Crippen LogP contribution in [0, 0.1) is 0 Å². The minimum Gasteiger partial charge on any atom is -0.309 e. The van der Waals surface area contributed by atoms with Gasteiger partial charge in [-0.15, -0.1) is 0 Å². The Morgan fingerprint density at radius 2 is 0.783 bits per heavy atom.